The number of hydrogen-bond donors (Lipinski definition) is 2. The van der Waals surface area contributed by atoms with Crippen LogP contribution >= 0.6 is 23.1 Å². The van der Waals surface area contributed by atoms with Crippen LogP contribution in [0.5, 0.6) is 0 Å². The van der Waals surface area contributed by atoms with Crippen LogP contribution in [0, 0.1) is 5.82 Å². The standard InChI is InChI=1S/C24H26FN5O4S2/c1-4-34-23(33)19-15-9-7-11-17(15)36-22(19)27-20(31)13(2)35-24-29-28-18(30(24)3)12-26-21(32)14-8-5-6-10-16(14)25/h5-6,8,10,13H,4,7,9,11-12H2,1-3H3,(H,26,32)(H,27,31). The minimum atomic E-state index is -0.605. The molecule has 1 atom stereocenters. The number of amides is 2. The van der Waals surface area contributed by atoms with Gasteiger partial charge in [-0.3, -0.25) is 9.59 Å². The van der Waals surface area contributed by atoms with Crippen LogP contribution in [0.15, 0.2) is 29.4 Å². The lowest BCUT2D eigenvalue weighted by molar-refractivity contribution is -0.115. The Kier molecular flexibility index (Phi) is 8.04. The summed E-state index contributed by atoms with van der Waals surface area (Å²) in [6, 6.07) is 5.72. The summed E-state index contributed by atoms with van der Waals surface area (Å²) in [7, 11) is 1.72. The van der Waals surface area contributed by atoms with Gasteiger partial charge < -0.3 is 19.9 Å². The third kappa shape index (κ3) is 5.44. The van der Waals surface area contributed by atoms with Gasteiger partial charge in [0.1, 0.15) is 10.8 Å². The fourth-order valence-electron chi connectivity index (χ4n) is 3.84. The molecule has 2 N–H and O–H groups in total. The molecule has 12 heteroatoms. The largest absolute Gasteiger partial charge is 0.462 e. The van der Waals surface area contributed by atoms with E-state index in [1.807, 2.05) is 0 Å². The monoisotopic (exact) mass is 531 g/mol. The zero-order valence-electron chi connectivity index (χ0n) is 20.1. The van der Waals surface area contributed by atoms with Gasteiger partial charge in [-0.25, -0.2) is 9.18 Å². The van der Waals surface area contributed by atoms with E-state index in [-0.39, 0.29) is 24.6 Å². The maximum atomic E-state index is 13.8. The van der Waals surface area contributed by atoms with Crippen LogP contribution in [-0.2, 0) is 36.0 Å². The number of carbonyl (C=O) groups excluding carboxylic acids is 3. The molecule has 0 radical (unpaired) electrons. The van der Waals surface area contributed by atoms with Crippen molar-refractivity contribution in [3.05, 3.63) is 57.5 Å². The van der Waals surface area contributed by atoms with Gasteiger partial charge in [0.05, 0.1) is 29.5 Å². The van der Waals surface area contributed by atoms with E-state index in [9.17, 15) is 18.8 Å². The number of aromatic nitrogens is 3. The number of nitrogens with zero attached hydrogens (tertiary/aromatic N) is 3. The Hall–Kier alpha value is -3.25. The molecule has 0 fully saturated rings. The number of ether oxygens (including phenoxy) is 1. The van der Waals surface area contributed by atoms with Crippen molar-refractivity contribution in [3.63, 3.8) is 0 Å². The smallest absolute Gasteiger partial charge is 0.341 e. The van der Waals surface area contributed by atoms with E-state index in [4.69, 9.17) is 4.74 Å². The highest BCUT2D eigenvalue weighted by molar-refractivity contribution is 8.00. The maximum absolute atomic E-state index is 13.8. The van der Waals surface area contributed by atoms with Gasteiger partial charge in [-0.1, -0.05) is 23.9 Å². The molecule has 1 aliphatic rings. The van der Waals surface area contributed by atoms with Crippen molar-refractivity contribution >= 4 is 45.9 Å². The number of benzene rings is 1. The van der Waals surface area contributed by atoms with E-state index in [0.29, 0.717) is 21.5 Å². The lowest BCUT2D eigenvalue weighted by Crippen LogP contribution is -2.25. The van der Waals surface area contributed by atoms with Crippen molar-refractivity contribution in [2.45, 2.75) is 50.1 Å². The molecule has 9 nitrogen and oxygen atoms in total. The molecule has 0 aliphatic heterocycles. The number of nitrogens with one attached hydrogen (secondary N) is 2. The summed E-state index contributed by atoms with van der Waals surface area (Å²) < 4.78 is 20.7. The Morgan fingerprint density at radius 1 is 1.25 bits per heavy atom. The van der Waals surface area contributed by atoms with Crippen molar-refractivity contribution in [1.29, 1.82) is 0 Å². The molecule has 0 spiro atoms. The third-order valence-electron chi connectivity index (χ3n) is 5.74. The van der Waals surface area contributed by atoms with E-state index < -0.39 is 22.9 Å². The molecule has 1 aliphatic carbocycles. The average Bonchev–Trinajstić information content (AvgIpc) is 3.53. The first-order chi connectivity index (χ1) is 17.3. The fraction of sp³-hybridized carbons (Fsp3) is 0.375. The van der Waals surface area contributed by atoms with E-state index in [1.165, 1.54) is 41.3 Å². The number of hydrogen-bond acceptors (Lipinski definition) is 8. The van der Waals surface area contributed by atoms with Gasteiger partial charge in [-0.15, -0.1) is 21.5 Å². The van der Waals surface area contributed by atoms with Crippen molar-refractivity contribution in [2.75, 3.05) is 11.9 Å². The SMILES string of the molecule is CCOC(=O)c1c(NC(=O)C(C)Sc2nnc(CNC(=O)c3ccccc3F)n2C)sc2c1CCC2. The van der Waals surface area contributed by atoms with Gasteiger partial charge in [0.15, 0.2) is 11.0 Å². The number of anilines is 1. The Balaban J connectivity index is 1.39. The Morgan fingerprint density at radius 2 is 2.03 bits per heavy atom. The molecule has 190 valence electrons. The molecular weight excluding hydrogens is 505 g/mol. The molecule has 4 rings (SSSR count). The molecule has 2 amide bonds. The van der Waals surface area contributed by atoms with Crippen LogP contribution in [0.2, 0.25) is 0 Å². The minimum Gasteiger partial charge on any atom is -0.462 e. The summed E-state index contributed by atoms with van der Waals surface area (Å²) >= 11 is 2.63. The van der Waals surface area contributed by atoms with E-state index in [2.05, 4.69) is 20.8 Å². The van der Waals surface area contributed by atoms with Gasteiger partial charge in [-0.2, -0.15) is 0 Å². The Labute approximate surface area is 215 Å². The molecule has 0 bridgehead atoms. The first-order valence-electron chi connectivity index (χ1n) is 11.5. The first kappa shape index (κ1) is 25.8. The van der Waals surface area contributed by atoms with Crippen LogP contribution in [0.25, 0.3) is 0 Å². The summed E-state index contributed by atoms with van der Waals surface area (Å²) in [6.45, 7) is 3.79. The predicted molar refractivity (Wildman–Crippen MR) is 135 cm³/mol. The van der Waals surface area contributed by atoms with Crippen LogP contribution < -0.4 is 10.6 Å². The molecule has 2 aromatic heterocycles. The van der Waals surface area contributed by atoms with Gasteiger partial charge in [0, 0.05) is 11.9 Å². The molecule has 0 saturated carbocycles. The van der Waals surface area contributed by atoms with Gasteiger partial charge in [0.2, 0.25) is 5.91 Å². The quantitative estimate of drug-likeness (QED) is 0.319. The predicted octanol–water partition coefficient (Wildman–Crippen LogP) is 3.73. The summed E-state index contributed by atoms with van der Waals surface area (Å²) in [4.78, 5) is 38.9. The first-order valence-corrected chi connectivity index (χ1v) is 13.2. The highest BCUT2D eigenvalue weighted by Gasteiger charge is 2.29. The van der Waals surface area contributed by atoms with Crippen molar-refractivity contribution in [2.24, 2.45) is 7.05 Å². The average molecular weight is 532 g/mol. The lowest BCUT2D eigenvalue weighted by Gasteiger charge is -2.12. The maximum Gasteiger partial charge on any atom is 0.341 e. The second-order valence-corrected chi connectivity index (χ2v) is 10.6. The minimum absolute atomic E-state index is 0.0431. The summed E-state index contributed by atoms with van der Waals surface area (Å²) in [5.41, 5.74) is 1.39. The van der Waals surface area contributed by atoms with Crippen LogP contribution in [-0.4, -0.2) is 44.4 Å². The van der Waals surface area contributed by atoms with Gasteiger partial charge >= 0.3 is 5.97 Å². The Morgan fingerprint density at radius 3 is 2.78 bits per heavy atom. The van der Waals surface area contributed by atoms with Crippen LogP contribution in [0.1, 0.15) is 57.2 Å². The van der Waals surface area contributed by atoms with Gasteiger partial charge in [-0.05, 0) is 50.8 Å². The molecule has 2 heterocycles. The molecule has 1 unspecified atom stereocenters. The number of halogens is 1. The molecule has 3 aromatic rings. The number of carbonyl (C=O) groups is 3. The number of esters is 1. The van der Waals surface area contributed by atoms with Crippen LogP contribution in [0.4, 0.5) is 9.39 Å². The molecule has 0 saturated heterocycles. The lowest BCUT2D eigenvalue weighted by atomic mass is 10.1. The second kappa shape index (κ2) is 11.2. The van der Waals surface area contributed by atoms with E-state index in [1.54, 1.807) is 31.5 Å². The van der Waals surface area contributed by atoms with Crippen molar-refractivity contribution < 1.29 is 23.5 Å². The number of aryl methyl sites for hydroxylation is 1. The van der Waals surface area contributed by atoms with Crippen LogP contribution in [0.3, 0.4) is 0 Å². The highest BCUT2D eigenvalue weighted by Crippen LogP contribution is 2.40. The molecular formula is C24H26FN5O4S2. The molecule has 1 aromatic carbocycles. The topological polar surface area (TPSA) is 115 Å². The second-order valence-electron chi connectivity index (χ2n) is 8.15. The van der Waals surface area contributed by atoms with Crippen molar-refractivity contribution in [3.8, 4) is 0 Å². The summed E-state index contributed by atoms with van der Waals surface area (Å²) in [5.74, 6) is -1.40. The normalized spacial score (nSPS) is 13.2. The van der Waals surface area contributed by atoms with E-state index >= 15 is 0 Å². The summed E-state index contributed by atoms with van der Waals surface area (Å²) in [5, 5.41) is 14.2. The third-order valence-corrected chi connectivity index (χ3v) is 8.08. The summed E-state index contributed by atoms with van der Waals surface area (Å²) in [6.07, 6.45) is 2.68. The van der Waals surface area contributed by atoms with E-state index in [0.717, 1.165) is 29.7 Å². The van der Waals surface area contributed by atoms with Gasteiger partial charge in [0.25, 0.3) is 5.91 Å². The molecule has 36 heavy (non-hydrogen) atoms. The zero-order valence-corrected chi connectivity index (χ0v) is 21.7. The van der Waals surface area contributed by atoms with Crippen molar-refractivity contribution in [1.82, 2.24) is 20.1 Å². The Bertz CT molecular complexity index is 1310. The highest BCUT2D eigenvalue weighted by atomic mass is 32.2. The number of thiophene rings is 1. The number of thioether (sulfide) groups is 1. The zero-order chi connectivity index (χ0) is 25.8. The fourth-order valence-corrected chi connectivity index (χ4v) is 5.95. The number of rotatable bonds is 9. The number of fused-ring (bicyclic) bond motifs is 1.